The van der Waals surface area contributed by atoms with Gasteiger partial charge in [-0.05, 0) is 40.0 Å². The lowest BCUT2D eigenvalue weighted by molar-refractivity contribution is -0.123. The second-order valence-corrected chi connectivity index (χ2v) is 7.49. The van der Waals surface area contributed by atoms with Crippen LogP contribution in [-0.4, -0.2) is 38.3 Å². The zero-order valence-corrected chi connectivity index (χ0v) is 18.6. The van der Waals surface area contributed by atoms with Crippen LogP contribution in [0, 0.1) is 11.7 Å². The molecule has 0 spiro atoms. The van der Waals surface area contributed by atoms with Crippen molar-refractivity contribution in [2.75, 3.05) is 14.2 Å². The Morgan fingerprint density at radius 3 is 2.40 bits per heavy atom. The molecule has 0 aliphatic heterocycles. The van der Waals surface area contributed by atoms with Crippen LogP contribution < -0.4 is 20.2 Å². The highest BCUT2D eigenvalue weighted by Gasteiger charge is 2.25. The molecule has 160 valence electrons. The first-order chi connectivity index (χ1) is 14.3. The van der Waals surface area contributed by atoms with E-state index in [0.29, 0.717) is 21.5 Å². The number of nitrogens with one attached hydrogen (secondary N) is 2. The van der Waals surface area contributed by atoms with Crippen molar-refractivity contribution in [3.63, 3.8) is 0 Å². The van der Waals surface area contributed by atoms with Crippen LogP contribution in [0.2, 0.25) is 0 Å². The molecule has 2 N–H and O–H groups in total. The summed E-state index contributed by atoms with van der Waals surface area (Å²) in [4.78, 5) is 24.9. The molecule has 0 fully saturated rings. The Morgan fingerprint density at radius 2 is 1.80 bits per heavy atom. The molecule has 1 atom stereocenters. The number of nitrogens with zero attached hydrogens (tertiary/aromatic N) is 1. The van der Waals surface area contributed by atoms with Crippen LogP contribution in [0.15, 0.2) is 46.0 Å². The van der Waals surface area contributed by atoms with E-state index in [9.17, 15) is 14.0 Å². The molecule has 1 unspecified atom stereocenters. The number of hydrogen-bond donors (Lipinski definition) is 2. The molecule has 0 radical (unpaired) electrons. The zero-order chi connectivity index (χ0) is 22.3. The van der Waals surface area contributed by atoms with E-state index in [1.807, 2.05) is 0 Å². The van der Waals surface area contributed by atoms with E-state index in [2.05, 4.69) is 31.8 Å². The molecule has 2 aromatic rings. The number of hydrazone groups is 1. The zero-order valence-electron chi connectivity index (χ0n) is 17.0. The van der Waals surface area contributed by atoms with Gasteiger partial charge in [0.25, 0.3) is 11.8 Å². The second kappa shape index (κ2) is 10.7. The highest BCUT2D eigenvalue weighted by Crippen LogP contribution is 2.31. The van der Waals surface area contributed by atoms with Crippen LogP contribution >= 0.6 is 15.9 Å². The van der Waals surface area contributed by atoms with Crippen LogP contribution in [0.1, 0.15) is 29.8 Å². The summed E-state index contributed by atoms with van der Waals surface area (Å²) in [5, 5.41) is 6.51. The Morgan fingerprint density at radius 1 is 1.13 bits per heavy atom. The van der Waals surface area contributed by atoms with Gasteiger partial charge in [0.1, 0.15) is 23.4 Å². The Hall–Kier alpha value is -2.94. The number of ether oxygens (including phenoxy) is 2. The average Bonchev–Trinajstić information content (AvgIpc) is 2.72. The van der Waals surface area contributed by atoms with Crippen molar-refractivity contribution in [2.45, 2.75) is 19.9 Å². The molecule has 0 aromatic heterocycles. The third-order valence-corrected chi connectivity index (χ3v) is 4.86. The average molecular weight is 480 g/mol. The van der Waals surface area contributed by atoms with Crippen molar-refractivity contribution in [3.8, 4) is 11.5 Å². The summed E-state index contributed by atoms with van der Waals surface area (Å²) in [6.07, 6.45) is 1.41. The van der Waals surface area contributed by atoms with Crippen molar-refractivity contribution >= 4 is 34.0 Å². The van der Waals surface area contributed by atoms with Crippen molar-refractivity contribution in [1.82, 2.24) is 10.7 Å². The number of methoxy groups -OCH3 is 2. The highest BCUT2D eigenvalue weighted by atomic mass is 79.9. The molecule has 2 rings (SSSR count). The maximum Gasteiger partial charge on any atom is 0.262 e. The topological polar surface area (TPSA) is 89.0 Å². The summed E-state index contributed by atoms with van der Waals surface area (Å²) in [6, 6.07) is 8.08. The summed E-state index contributed by atoms with van der Waals surface area (Å²) < 4.78 is 25.0. The first-order valence-corrected chi connectivity index (χ1v) is 9.87. The van der Waals surface area contributed by atoms with Crippen molar-refractivity contribution in [1.29, 1.82) is 0 Å². The van der Waals surface area contributed by atoms with Gasteiger partial charge in [-0.15, -0.1) is 0 Å². The summed E-state index contributed by atoms with van der Waals surface area (Å²) in [6.45, 7) is 3.53. The Labute approximate surface area is 182 Å². The van der Waals surface area contributed by atoms with Crippen LogP contribution in [0.5, 0.6) is 11.5 Å². The molecule has 2 amide bonds. The quantitative estimate of drug-likeness (QED) is 0.447. The van der Waals surface area contributed by atoms with Crippen LogP contribution in [0.3, 0.4) is 0 Å². The smallest absolute Gasteiger partial charge is 0.262 e. The molecule has 2 aromatic carbocycles. The van der Waals surface area contributed by atoms with Gasteiger partial charge in [0.15, 0.2) is 0 Å². The second-order valence-electron chi connectivity index (χ2n) is 6.64. The Kier molecular flexibility index (Phi) is 8.35. The van der Waals surface area contributed by atoms with Crippen LogP contribution in [-0.2, 0) is 4.79 Å². The maximum absolute atomic E-state index is 13.8. The van der Waals surface area contributed by atoms with Crippen molar-refractivity contribution in [3.05, 3.63) is 57.8 Å². The SMILES string of the molecule is COc1cc(OC)c(C=NNC(=O)C(NC(=O)c2ccccc2F)C(C)C)cc1Br. The van der Waals surface area contributed by atoms with Gasteiger partial charge in [-0.2, -0.15) is 5.10 Å². The minimum absolute atomic E-state index is 0.132. The molecule has 7 nitrogen and oxygen atoms in total. The minimum Gasteiger partial charge on any atom is -0.496 e. The molecule has 0 bridgehead atoms. The highest BCUT2D eigenvalue weighted by molar-refractivity contribution is 9.10. The van der Waals surface area contributed by atoms with E-state index in [1.165, 1.54) is 38.6 Å². The van der Waals surface area contributed by atoms with Crippen LogP contribution in [0.25, 0.3) is 0 Å². The van der Waals surface area contributed by atoms with Gasteiger partial charge in [-0.1, -0.05) is 26.0 Å². The predicted molar refractivity (Wildman–Crippen MR) is 115 cm³/mol. The number of benzene rings is 2. The number of hydrogen-bond acceptors (Lipinski definition) is 5. The largest absolute Gasteiger partial charge is 0.496 e. The van der Waals surface area contributed by atoms with Gasteiger partial charge < -0.3 is 14.8 Å². The molecule has 0 saturated carbocycles. The van der Waals surface area contributed by atoms with E-state index in [0.717, 1.165) is 0 Å². The lowest BCUT2D eigenvalue weighted by atomic mass is 10.0. The van der Waals surface area contributed by atoms with Gasteiger partial charge in [-0.25, -0.2) is 9.82 Å². The fraction of sp³-hybridized carbons (Fsp3) is 0.286. The molecule has 0 aliphatic carbocycles. The van der Waals surface area contributed by atoms with E-state index < -0.39 is 23.7 Å². The van der Waals surface area contributed by atoms with Gasteiger partial charge >= 0.3 is 0 Å². The molecule has 0 heterocycles. The first kappa shape index (κ1) is 23.3. The lowest BCUT2D eigenvalue weighted by Gasteiger charge is -2.20. The molecular weight excluding hydrogens is 457 g/mol. The number of carbonyl (C=O) groups excluding carboxylic acids is 2. The lowest BCUT2D eigenvalue weighted by Crippen LogP contribution is -2.48. The maximum atomic E-state index is 13.8. The first-order valence-electron chi connectivity index (χ1n) is 9.08. The number of rotatable bonds is 8. The van der Waals surface area contributed by atoms with Crippen molar-refractivity contribution in [2.24, 2.45) is 11.0 Å². The summed E-state index contributed by atoms with van der Waals surface area (Å²) >= 11 is 3.38. The van der Waals surface area contributed by atoms with Gasteiger partial charge in [0.2, 0.25) is 0 Å². The Balaban J connectivity index is 2.11. The molecular formula is C21H23BrFN3O4. The summed E-state index contributed by atoms with van der Waals surface area (Å²) in [7, 11) is 3.04. The molecule has 30 heavy (non-hydrogen) atoms. The van der Waals surface area contributed by atoms with E-state index in [4.69, 9.17) is 9.47 Å². The number of halogens is 2. The number of amides is 2. The number of carbonyl (C=O) groups is 2. The van der Waals surface area contributed by atoms with Gasteiger partial charge in [-0.3, -0.25) is 9.59 Å². The van der Waals surface area contributed by atoms with Gasteiger partial charge in [0.05, 0.1) is 30.5 Å². The fourth-order valence-corrected chi connectivity index (χ4v) is 3.14. The Bertz CT molecular complexity index is 950. The predicted octanol–water partition coefficient (Wildman–Crippen LogP) is 3.51. The fourth-order valence-electron chi connectivity index (χ4n) is 2.62. The third kappa shape index (κ3) is 5.79. The van der Waals surface area contributed by atoms with Crippen molar-refractivity contribution < 1.29 is 23.5 Å². The summed E-state index contributed by atoms with van der Waals surface area (Å²) in [5.41, 5.74) is 2.87. The van der Waals surface area contributed by atoms with Crippen LogP contribution in [0.4, 0.5) is 4.39 Å². The minimum atomic E-state index is -0.904. The van der Waals surface area contributed by atoms with E-state index in [-0.39, 0.29) is 11.5 Å². The van der Waals surface area contributed by atoms with Gasteiger partial charge in [0, 0.05) is 11.6 Å². The standard InChI is InChI=1S/C21H23BrFN3O4/c1-12(2)19(25-20(27)14-7-5-6-8-16(14)23)21(28)26-24-11-13-9-15(22)18(30-4)10-17(13)29-3/h5-12,19H,1-4H3,(H,25,27)(H,26,28). The molecule has 0 saturated heterocycles. The van der Waals surface area contributed by atoms with E-state index >= 15 is 0 Å². The third-order valence-electron chi connectivity index (χ3n) is 4.24. The molecule has 9 heteroatoms. The van der Waals surface area contributed by atoms with E-state index in [1.54, 1.807) is 32.0 Å². The normalized spacial score (nSPS) is 12.0. The summed E-state index contributed by atoms with van der Waals surface area (Å²) in [5.74, 6) is -1.03. The monoisotopic (exact) mass is 479 g/mol. The molecule has 0 aliphatic rings.